The van der Waals surface area contributed by atoms with Crippen LogP contribution in [0.15, 0.2) is 36.4 Å². The third kappa shape index (κ3) is 3.94. The van der Waals surface area contributed by atoms with Crippen molar-refractivity contribution in [1.29, 1.82) is 0 Å². The lowest BCUT2D eigenvalue weighted by Crippen LogP contribution is -2.01. The Labute approximate surface area is 126 Å². The van der Waals surface area contributed by atoms with E-state index in [1.54, 1.807) is 6.07 Å². The molecule has 5 heteroatoms. The molecular weight excluding hydrogens is 296 g/mol. The molecule has 0 fully saturated rings. The van der Waals surface area contributed by atoms with Crippen molar-refractivity contribution in [2.45, 2.75) is 6.61 Å². The van der Waals surface area contributed by atoms with Crippen LogP contribution >= 0.6 is 11.6 Å². The maximum atomic E-state index is 13.7. The lowest BCUT2D eigenvalue weighted by atomic mass is 10.2. The number of rotatable bonds is 3. The molecule has 108 valence electrons. The van der Waals surface area contributed by atoms with E-state index in [2.05, 4.69) is 11.8 Å². The highest BCUT2D eigenvalue weighted by atomic mass is 35.5. The maximum absolute atomic E-state index is 13.7. The number of nitrogens with two attached hydrogens (primary N) is 1. The van der Waals surface area contributed by atoms with Crippen LogP contribution in [0.5, 0.6) is 5.75 Å². The molecule has 2 aromatic rings. The topological polar surface area (TPSA) is 35.2 Å². The fourth-order valence-electron chi connectivity index (χ4n) is 1.69. The molecule has 0 amide bonds. The molecule has 0 aromatic heterocycles. The maximum Gasteiger partial charge on any atom is 0.138 e. The molecular formula is C16H12ClF2NO. The first-order valence-electron chi connectivity index (χ1n) is 6.16. The average Bonchev–Trinajstić information content (AvgIpc) is 2.46. The summed E-state index contributed by atoms with van der Waals surface area (Å²) in [4.78, 5) is 0. The Balaban J connectivity index is 2.25. The van der Waals surface area contributed by atoms with E-state index in [0.717, 1.165) is 0 Å². The van der Waals surface area contributed by atoms with Gasteiger partial charge in [-0.3, -0.25) is 0 Å². The van der Waals surface area contributed by atoms with E-state index >= 15 is 0 Å². The Morgan fingerprint density at radius 2 is 2.00 bits per heavy atom. The number of halogens is 3. The van der Waals surface area contributed by atoms with Crippen LogP contribution in [-0.2, 0) is 6.61 Å². The van der Waals surface area contributed by atoms with E-state index in [0.29, 0.717) is 5.56 Å². The van der Waals surface area contributed by atoms with E-state index in [-0.39, 0.29) is 29.5 Å². The van der Waals surface area contributed by atoms with Crippen LogP contribution in [-0.4, -0.2) is 6.54 Å². The monoisotopic (exact) mass is 307 g/mol. The minimum atomic E-state index is -0.478. The summed E-state index contributed by atoms with van der Waals surface area (Å²) in [6.07, 6.45) is 0. The summed E-state index contributed by atoms with van der Waals surface area (Å²) in [5, 5.41) is 0.251. The second-order valence-electron chi connectivity index (χ2n) is 4.14. The van der Waals surface area contributed by atoms with Crippen LogP contribution in [0.4, 0.5) is 8.78 Å². The van der Waals surface area contributed by atoms with Crippen molar-refractivity contribution < 1.29 is 13.5 Å². The molecule has 0 saturated heterocycles. The highest BCUT2D eigenvalue weighted by molar-refractivity contribution is 6.31. The van der Waals surface area contributed by atoms with E-state index in [1.165, 1.54) is 30.3 Å². The van der Waals surface area contributed by atoms with Gasteiger partial charge in [0.05, 0.1) is 17.1 Å². The van der Waals surface area contributed by atoms with Crippen molar-refractivity contribution in [2.24, 2.45) is 5.73 Å². The molecule has 0 aliphatic rings. The van der Waals surface area contributed by atoms with Crippen LogP contribution in [0.3, 0.4) is 0 Å². The van der Waals surface area contributed by atoms with Crippen LogP contribution in [0.1, 0.15) is 11.1 Å². The zero-order valence-electron chi connectivity index (χ0n) is 11.0. The average molecular weight is 308 g/mol. The second-order valence-corrected chi connectivity index (χ2v) is 4.54. The standard InChI is InChI=1S/C16H12ClF2NO/c17-14-4-1-5-15(19)13(14)10-21-16-9-12(18)7-6-11(16)3-2-8-20/h1,4-7,9H,8,10,20H2. The van der Waals surface area contributed by atoms with E-state index in [9.17, 15) is 8.78 Å². The van der Waals surface area contributed by atoms with Gasteiger partial charge in [0.25, 0.3) is 0 Å². The minimum Gasteiger partial charge on any atom is -0.487 e. The molecule has 2 aromatic carbocycles. The van der Waals surface area contributed by atoms with Gasteiger partial charge in [-0.25, -0.2) is 8.78 Å². The van der Waals surface area contributed by atoms with Crippen LogP contribution in [0.2, 0.25) is 5.02 Å². The molecule has 0 aliphatic heterocycles. The summed E-state index contributed by atoms with van der Waals surface area (Å²) < 4.78 is 32.4. The molecule has 0 unspecified atom stereocenters. The van der Waals surface area contributed by atoms with Gasteiger partial charge in [0.1, 0.15) is 24.0 Å². The van der Waals surface area contributed by atoms with Crippen LogP contribution < -0.4 is 10.5 Å². The van der Waals surface area contributed by atoms with Gasteiger partial charge in [0.15, 0.2) is 0 Å². The highest BCUT2D eigenvalue weighted by Gasteiger charge is 2.10. The Hall–Kier alpha value is -2.09. The molecule has 0 saturated carbocycles. The third-order valence-electron chi connectivity index (χ3n) is 2.70. The van der Waals surface area contributed by atoms with E-state index < -0.39 is 11.6 Å². The molecule has 2 N–H and O–H groups in total. The molecule has 0 aliphatic carbocycles. The van der Waals surface area contributed by atoms with Gasteiger partial charge in [0, 0.05) is 11.6 Å². The molecule has 2 nitrogen and oxygen atoms in total. The lowest BCUT2D eigenvalue weighted by molar-refractivity contribution is 0.297. The predicted molar refractivity (Wildman–Crippen MR) is 78.1 cm³/mol. The first-order chi connectivity index (χ1) is 10.1. The summed E-state index contributed by atoms with van der Waals surface area (Å²) in [5.41, 5.74) is 6.00. The molecule has 0 atom stereocenters. The predicted octanol–water partition coefficient (Wildman–Crippen LogP) is 3.51. The first kappa shape index (κ1) is 15.3. The molecule has 2 rings (SSSR count). The Morgan fingerprint density at radius 1 is 1.19 bits per heavy atom. The van der Waals surface area contributed by atoms with Gasteiger partial charge < -0.3 is 10.5 Å². The van der Waals surface area contributed by atoms with Crippen molar-refractivity contribution in [1.82, 2.24) is 0 Å². The van der Waals surface area contributed by atoms with Crippen molar-refractivity contribution in [3.8, 4) is 17.6 Å². The fraction of sp³-hybridized carbons (Fsp3) is 0.125. The van der Waals surface area contributed by atoms with Crippen LogP contribution in [0, 0.1) is 23.5 Å². The van der Waals surface area contributed by atoms with Gasteiger partial charge in [0.2, 0.25) is 0 Å². The fourth-order valence-corrected chi connectivity index (χ4v) is 1.90. The van der Waals surface area contributed by atoms with Gasteiger partial charge >= 0.3 is 0 Å². The molecule has 0 heterocycles. The van der Waals surface area contributed by atoms with Crippen molar-refractivity contribution >= 4 is 11.6 Å². The van der Waals surface area contributed by atoms with E-state index in [1.807, 2.05) is 0 Å². The van der Waals surface area contributed by atoms with E-state index in [4.69, 9.17) is 22.1 Å². The van der Waals surface area contributed by atoms with Gasteiger partial charge in [-0.2, -0.15) is 0 Å². The summed E-state index contributed by atoms with van der Waals surface area (Å²) >= 11 is 5.91. The van der Waals surface area contributed by atoms with Crippen molar-refractivity contribution in [3.63, 3.8) is 0 Å². The molecule has 21 heavy (non-hydrogen) atoms. The minimum absolute atomic E-state index is 0.119. The van der Waals surface area contributed by atoms with Gasteiger partial charge in [-0.1, -0.05) is 29.5 Å². The highest BCUT2D eigenvalue weighted by Crippen LogP contribution is 2.24. The number of hydrogen-bond acceptors (Lipinski definition) is 2. The molecule has 0 radical (unpaired) electrons. The second kappa shape index (κ2) is 7.07. The lowest BCUT2D eigenvalue weighted by Gasteiger charge is -2.10. The Bertz CT molecular complexity index is 687. The normalized spacial score (nSPS) is 9.90. The number of ether oxygens (including phenoxy) is 1. The summed E-state index contributed by atoms with van der Waals surface area (Å²) in [5.74, 6) is 4.70. The summed E-state index contributed by atoms with van der Waals surface area (Å²) in [6.45, 7) is 0.0578. The van der Waals surface area contributed by atoms with Crippen molar-refractivity contribution in [2.75, 3.05) is 6.54 Å². The quantitative estimate of drug-likeness (QED) is 0.881. The summed E-state index contributed by atoms with van der Waals surface area (Å²) in [6, 6.07) is 8.28. The summed E-state index contributed by atoms with van der Waals surface area (Å²) in [7, 11) is 0. The Kier molecular flexibility index (Phi) is 5.15. The van der Waals surface area contributed by atoms with Gasteiger partial charge in [-0.05, 0) is 24.3 Å². The number of benzene rings is 2. The number of hydrogen-bond donors (Lipinski definition) is 1. The SMILES string of the molecule is NCC#Cc1ccc(F)cc1OCc1c(F)cccc1Cl. The largest absolute Gasteiger partial charge is 0.487 e. The smallest absolute Gasteiger partial charge is 0.138 e. The van der Waals surface area contributed by atoms with Crippen LogP contribution in [0.25, 0.3) is 0 Å². The van der Waals surface area contributed by atoms with Crippen molar-refractivity contribution in [3.05, 3.63) is 64.2 Å². The zero-order chi connectivity index (χ0) is 15.2. The molecule has 0 bridgehead atoms. The zero-order valence-corrected chi connectivity index (χ0v) is 11.8. The first-order valence-corrected chi connectivity index (χ1v) is 6.54. The molecule has 0 spiro atoms. The van der Waals surface area contributed by atoms with Gasteiger partial charge in [-0.15, -0.1) is 0 Å². The third-order valence-corrected chi connectivity index (χ3v) is 3.06. The Morgan fingerprint density at radius 3 is 2.71 bits per heavy atom.